The van der Waals surface area contributed by atoms with Crippen molar-refractivity contribution in [1.82, 2.24) is 14.9 Å². The van der Waals surface area contributed by atoms with Crippen molar-refractivity contribution in [1.29, 1.82) is 0 Å². The summed E-state index contributed by atoms with van der Waals surface area (Å²) in [5, 5.41) is 3.32. The van der Waals surface area contributed by atoms with Crippen LogP contribution in [0.3, 0.4) is 0 Å². The standard InChI is InChI=1S/C12H19N5O/c1-9-6-14-12(15-7-9)16-10-2-4-17(5-3-10)8-11(13)18/h6-7,10H,2-5,8H2,1H3,(H2,13,18)(H,14,15,16). The van der Waals surface area contributed by atoms with Crippen LogP contribution in [-0.4, -0.2) is 46.5 Å². The van der Waals surface area contributed by atoms with Gasteiger partial charge in [0.25, 0.3) is 0 Å². The summed E-state index contributed by atoms with van der Waals surface area (Å²) < 4.78 is 0. The van der Waals surface area contributed by atoms with Gasteiger partial charge < -0.3 is 11.1 Å². The predicted octanol–water partition coefficient (Wildman–Crippen LogP) is 0.147. The molecule has 0 saturated carbocycles. The van der Waals surface area contributed by atoms with Crippen LogP contribution in [0, 0.1) is 6.92 Å². The second kappa shape index (κ2) is 5.77. The zero-order valence-corrected chi connectivity index (χ0v) is 10.6. The van der Waals surface area contributed by atoms with Crippen LogP contribution in [-0.2, 0) is 4.79 Å². The molecule has 6 heteroatoms. The first-order chi connectivity index (χ1) is 8.63. The van der Waals surface area contributed by atoms with E-state index in [0.29, 0.717) is 18.5 Å². The molecule has 2 heterocycles. The molecule has 0 aliphatic carbocycles. The van der Waals surface area contributed by atoms with Crippen LogP contribution in [0.2, 0.25) is 0 Å². The van der Waals surface area contributed by atoms with Crippen LogP contribution in [0.15, 0.2) is 12.4 Å². The van der Waals surface area contributed by atoms with E-state index in [9.17, 15) is 4.79 Å². The molecule has 0 radical (unpaired) electrons. The number of piperidine rings is 1. The van der Waals surface area contributed by atoms with Crippen LogP contribution >= 0.6 is 0 Å². The Morgan fingerprint density at radius 1 is 1.44 bits per heavy atom. The van der Waals surface area contributed by atoms with Gasteiger partial charge in [0, 0.05) is 31.5 Å². The molecule has 1 aliphatic rings. The highest BCUT2D eigenvalue weighted by Gasteiger charge is 2.20. The molecular weight excluding hydrogens is 230 g/mol. The second-order valence-electron chi connectivity index (χ2n) is 4.75. The number of aromatic nitrogens is 2. The number of rotatable bonds is 4. The monoisotopic (exact) mass is 249 g/mol. The minimum Gasteiger partial charge on any atom is -0.369 e. The van der Waals surface area contributed by atoms with E-state index in [2.05, 4.69) is 20.2 Å². The van der Waals surface area contributed by atoms with Gasteiger partial charge in [-0.15, -0.1) is 0 Å². The first-order valence-corrected chi connectivity index (χ1v) is 6.19. The number of likely N-dealkylation sites (tertiary alicyclic amines) is 1. The largest absolute Gasteiger partial charge is 0.369 e. The lowest BCUT2D eigenvalue weighted by Gasteiger charge is -2.31. The smallest absolute Gasteiger partial charge is 0.231 e. The Hall–Kier alpha value is -1.69. The lowest BCUT2D eigenvalue weighted by atomic mass is 10.1. The number of nitrogens with zero attached hydrogens (tertiary/aromatic N) is 3. The van der Waals surface area contributed by atoms with Crippen molar-refractivity contribution in [3.05, 3.63) is 18.0 Å². The Morgan fingerprint density at radius 2 is 2.06 bits per heavy atom. The van der Waals surface area contributed by atoms with Crippen molar-refractivity contribution in [2.75, 3.05) is 25.0 Å². The molecule has 1 aromatic heterocycles. The highest BCUT2D eigenvalue weighted by molar-refractivity contribution is 5.75. The van der Waals surface area contributed by atoms with E-state index in [4.69, 9.17) is 5.73 Å². The van der Waals surface area contributed by atoms with Crippen molar-refractivity contribution in [3.8, 4) is 0 Å². The predicted molar refractivity (Wildman–Crippen MR) is 69.0 cm³/mol. The van der Waals surface area contributed by atoms with Gasteiger partial charge in [0.1, 0.15) is 0 Å². The van der Waals surface area contributed by atoms with Gasteiger partial charge in [-0.3, -0.25) is 9.69 Å². The van der Waals surface area contributed by atoms with Crippen molar-refractivity contribution in [2.45, 2.75) is 25.8 Å². The van der Waals surface area contributed by atoms with E-state index in [-0.39, 0.29) is 5.91 Å². The van der Waals surface area contributed by atoms with Crippen LogP contribution < -0.4 is 11.1 Å². The first-order valence-electron chi connectivity index (χ1n) is 6.19. The van der Waals surface area contributed by atoms with Crippen LogP contribution in [0.1, 0.15) is 18.4 Å². The fourth-order valence-electron chi connectivity index (χ4n) is 2.11. The van der Waals surface area contributed by atoms with Gasteiger partial charge >= 0.3 is 0 Å². The number of anilines is 1. The molecule has 0 spiro atoms. The maximum Gasteiger partial charge on any atom is 0.231 e. The summed E-state index contributed by atoms with van der Waals surface area (Å²) in [6.07, 6.45) is 5.56. The Labute approximate surface area is 107 Å². The minimum atomic E-state index is -0.261. The lowest BCUT2D eigenvalue weighted by Crippen LogP contribution is -2.43. The number of primary amides is 1. The molecule has 0 atom stereocenters. The molecule has 1 aromatic rings. The maximum absolute atomic E-state index is 10.8. The highest BCUT2D eigenvalue weighted by atomic mass is 16.1. The molecule has 1 fully saturated rings. The number of carbonyl (C=O) groups is 1. The van der Waals surface area contributed by atoms with Crippen molar-refractivity contribution in [2.24, 2.45) is 5.73 Å². The number of hydrogen-bond acceptors (Lipinski definition) is 5. The number of aryl methyl sites for hydroxylation is 1. The third kappa shape index (κ3) is 3.66. The second-order valence-corrected chi connectivity index (χ2v) is 4.75. The Bertz CT molecular complexity index is 397. The quantitative estimate of drug-likeness (QED) is 0.793. The Kier molecular flexibility index (Phi) is 4.09. The summed E-state index contributed by atoms with van der Waals surface area (Å²) in [6.45, 7) is 4.08. The maximum atomic E-state index is 10.8. The normalized spacial score (nSPS) is 17.6. The molecule has 0 bridgehead atoms. The molecule has 6 nitrogen and oxygen atoms in total. The molecule has 3 N–H and O–H groups in total. The topological polar surface area (TPSA) is 84.1 Å². The molecule has 1 aliphatic heterocycles. The molecule has 0 unspecified atom stereocenters. The number of carbonyl (C=O) groups excluding carboxylic acids is 1. The summed E-state index contributed by atoms with van der Waals surface area (Å²) in [7, 11) is 0. The van der Waals surface area contributed by atoms with E-state index < -0.39 is 0 Å². The van der Waals surface area contributed by atoms with Crippen molar-refractivity contribution >= 4 is 11.9 Å². The van der Waals surface area contributed by atoms with Crippen molar-refractivity contribution in [3.63, 3.8) is 0 Å². The summed E-state index contributed by atoms with van der Waals surface area (Å²) in [4.78, 5) is 21.4. The summed E-state index contributed by atoms with van der Waals surface area (Å²) in [6, 6.07) is 0.372. The number of amides is 1. The van der Waals surface area contributed by atoms with E-state index >= 15 is 0 Å². The minimum absolute atomic E-state index is 0.261. The Balaban J connectivity index is 1.79. The molecule has 1 amide bonds. The molecule has 2 rings (SSSR count). The zero-order chi connectivity index (χ0) is 13.0. The molecule has 98 valence electrons. The average Bonchev–Trinajstić information content (AvgIpc) is 2.34. The summed E-state index contributed by atoms with van der Waals surface area (Å²) in [5.74, 6) is 0.414. The van der Waals surface area contributed by atoms with Crippen molar-refractivity contribution < 1.29 is 4.79 Å². The third-order valence-corrected chi connectivity index (χ3v) is 3.08. The lowest BCUT2D eigenvalue weighted by molar-refractivity contribution is -0.119. The van der Waals surface area contributed by atoms with Gasteiger partial charge in [-0.25, -0.2) is 9.97 Å². The van der Waals surface area contributed by atoms with Crippen LogP contribution in [0.4, 0.5) is 5.95 Å². The van der Waals surface area contributed by atoms with E-state index in [0.717, 1.165) is 31.5 Å². The number of hydrogen-bond donors (Lipinski definition) is 2. The molecule has 1 saturated heterocycles. The van der Waals surface area contributed by atoms with Gasteiger partial charge in [-0.2, -0.15) is 0 Å². The van der Waals surface area contributed by atoms with Gasteiger partial charge in [0.2, 0.25) is 11.9 Å². The zero-order valence-electron chi connectivity index (χ0n) is 10.6. The number of nitrogens with two attached hydrogens (primary N) is 1. The molecule has 0 aromatic carbocycles. The fraction of sp³-hybridized carbons (Fsp3) is 0.583. The molecular formula is C12H19N5O. The fourth-order valence-corrected chi connectivity index (χ4v) is 2.11. The molecule has 18 heavy (non-hydrogen) atoms. The van der Waals surface area contributed by atoms with Gasteiger partial charge in [0.15, 0.2) is 0 Å². The average molecular weight is 249 g/mol. The third-order valence-electron chi connectivity index (χ3n) is 3.08. The summed E-state index contributed by atoms with van der Waals surface area (Å²) in [5.41, 5.74) is 6.23. The highest BCUT2D eigenvalue weighted by Crippen LogP contribution is 2.13. The van der Waals surface area contributed by atoms with Gasteiger partial charge in [-0.1, -0.05) is 0 Å². The van der Waals surface area contributed by atoms with Crippen LogP contribution in [0.25, 0.3) is 0 Å². The van der Waals surface area contributed by atoms with E-state index in [1.54, 1.807) is 12.4 Å². The van der Waals surface area contributed by atoms with Crippen LogP contribution in [0.5, 0.6) is 0 Å². The SMILES string of the molecule is Cc1cnc(NC2CCN(CC(N)=O)CC2)nc1. The van der Waals surface area contributed by atoms with Gasteiger partial charge in [0.05, 0.1) is 6.54 Å². The first kappa shape index (κ1) is 12.8. The Morgan fingerprint density at radius 3 is 2.61 bits per heavy atom. The summed E-state index contributed by atoms with van der Waals surface area (Å²) >= 11 is 0. The van der Waals surface area contributed by atoms with E-state index in [1.165, 1.54) is 0 Å². The number of nitrogens with one attached hydrogen (secondary N) is 1. The van der Waals surface area contributed by atoms with E-state index in [1.807, 2.05) is 6.92 Å². The van der Waals surface area contributed by atoms with Gasteiger partial charge in [-0.05, 0) is 25.3 Å².